The second-order valence-electron chi connectivity index (χ2n) is 3.17. The molecule has 3 heteroatoms. The molecule has 1 aromatic carbocycles. The van der Waals surface area contributed by atoms with Crippen molar-refractivity contribution in [1.82, 2.24) is 5.32 Å². The Labute approximate surface area is 89.3 Å². The number of rotatable bonds is 6. The highest BCUT2D eigenvalue weighted by Gasteiger charge is 1.93. The summed E-state index contributed by atoms with van der Waals surface area (Å²) in [5.74, 6) is 0.551. The first-order chi connectivity index (χ1) is 6.86. The van der Waals surface area contributed by atoms with E-state index in [1.807, 2.05) is 24.3 Å². The van der Waals surface area contributed by atoms with E-state index < -0.39 is 0 Å². The zero-order chi connectivity index (χ0) is 10.2. The van der Waals surface area contributed by atoms with Crippen molar-refractivity contribution in [1.29, 1.82) is 0 Å². The molecule has 0 atom stereocenters. The third kappa shape index (κ3) is 4.07. The molecule has 0 aliphatic rings. The standard InChI is InChI=1S/C11H15ClFN/c12-8-10-2-4-11(5-3-10)9-14-7-1-6-13/h2-5,14H,1,6-9H2. The van der Waals surface area contributed by atoms with E-state index >= 15 is 0 Å². The van der Waals surface area contributed by atoms with Gasteiger partial charge in [-0.3, -0.25) is 4.39 Å². The van der Waals surface area contributed by atoms with Gasteiger partial charge in [-0.25, -0.2) is 0 Å². The van der Waals surface area contributed by atoms with Crippen LogP contribution in [0.15, 0.2) is 24.3 Å². The van der Waals surface area contributed by atoms with E-state index in [1.165, 1.54) is 5.56 Å². The van der Waals surface area contributed by atoms with Gasteiger partial charge in [-0.05, 0) is 24.1 Å². The van der Waals surface area contributed by atoms with Gasteiger partial charge in [0.25, 0.3) is 0 Å². The molecule has 0 saturated carbocycles. The normalized spacial score (nSPS) is 10.4. The fourth-order valence-corrected chi connectivity index (χ4v) is 1.35. The topological polar surface area (TPSA) is 12.0 Å². The van der Waals surface area contributed by atoms with Gasteiger partial charge in [0.15, 0.2) is 0 Å². The lowest BCUT2D eigenvalue weighted by Gasteiger charge is -2.03. The summed E-state index contributed by atoms with van der Waals surface area (Å²) in [6, 6.07) is 8.11. The number of nitrogens with one attached hydrogen (secondary N) is 1. The van der Waals surface area contributed by atoms with E-state index in [-0.39, 0.29) is 6.67 Å². The summed E-state index contributed by atoms with van der Waals surface area (Å²) >= 11 is 5.67. The maximum Gasteiger partial charge on any atom is 0.0906 e. The predicted molar refractivity (Wildman–Crippen MR) is 58.3 cm³/mol. The quantitative estimate of drug-likeness (QED) is 0.569. The summed E-state index contributed by atoms with van der Waals surface area (Å²) in [5, 5.41) is 3.17. The Morgan fingerprint density at radius 3 is 2.36 bits per heavy atom. The van der Waals surface area contributed by atoms with Gasteiger partial charge in [-0.2, -0.15) is 0 Å². The second kappa shape index (κ2) is 6.80. The molecular formula is C11H15ClFN. The van der Waals surface area contributed by atoms with Crippen LogP contribution in [0.4, 0.5) is 4.39 Å². The van der Waals surface area contributed by atoms with E-state index in [4.69, 9.17) is 11.6 Å². The summed E-state index contributed by atoms with van der Waals surface area (Å²) in [6.07, 6.45) is 0.583. The molecule has 0 heterocycles. The van der Waals surface area contributed by atoms with Crippen molar-refractivity contribution in [3.8, 4) is 0 Å². The van der Waals surface area contributed by atoms with Gasteiger partial charge >= 0.3 is 0 Å². The first-order valence-corrected chi connectivity index (χ1v) is 5.30. The van der Waals surface area contributed by atoms with Gasteiger partial charge in [0.2, 0.25) is 0 Å². The first kappa shape index (κ1) is 11.5. The minimum absolute atomic E-state index is 0.252. The highest BCUT2D eigenvalue weighted by atomic mass is 35.5. The van der Waals surface area contributed by atoms with E-state index in [1.54, 1.807) is 0 Å². The lowest BCUT2D eigenvalue weighted by Crippen LogP contribution is -2.14. The fraction of sp³-hybridized carbons (Fsp3) is 0.455. The SMILES string of the molecule is FCCCNCc1ccc(CCl)cc1. The van der Waals surface area contributed by atoms with Crippen LogP contribution in [-0.4, -0.2) is 13.2 Å². The molecule has 0 unspecified atom stereocenters. The number of alkyl halides is 2. The van der Waals surface area contributed by atoms with Gasteiger partial charge in [0.05, 0.1) is 6.67 Å². The van der Waals surface area contributed by atoms with E-state index in [9.17, 15) is 4.39 Å². The van der Waals surface area contributed by atoms with Crippen LogP contribution in [0, 0.1) is 0 Å². The van der Waals surface area contributed by atoms with Crippen LogP contribution in [0.2, 0.25) is 0 Å². The van der Waals surface area contributed by atoms with Crippen LogP contribution in [0.1, 0.15) is 17.5 Å². The highest BCUT2D eigenvalue weighted by molar-refractivity contribution is 6.17. The Morgan fingerprint density at radius 2 is 1.79 bits per heavy atom. The zero-order valence-corrected chi connectivity index (χ0v) is 8.86. The molecule has 0 aliphatic heterocycles. The molecule has 1 rings (SSSR count). The minimum atomic E-state index is -0.252. The van der Waals surface area contributed by atoms with Crippen LogP contribution in [0.25, 0.3) is 0 Å². The molecule has 0 radical (unpaired) electrons. The maximum atomic E-state index is 11.8. The van der Waals surface area contributed by atoms with Crippen LogP contribution in [-0.2, 0) is 12.4 Å². The Kier molecular flexibility index (Phi) is 5.57. The number of hydrogen-bond donors (Lipinski definition) is 1. The Balaban J connectivity index is 2.29. The molecule has 0 bridgehead atoms. The second-order valence-corrected chi connectivity index (χ2v) is 3.44. The Bertz CT molecular complexity index is 248. The lowest BCUT2D eigenvalue weighted by molar-refractivity contribution is 0.459. The van der Waals surface area contributed by atoms with Crippen molar-refractivity contribution < 1.29 is 4.39 Å². The monoisotopic (exact) mass is 215 g/mol. The van der Waals surface area contributed by atoms with Crippen molar-refractivity contribution in [2.24, 2.45) is 0 Å². The third-order valence-electron chi connectivity index (χ3n) is 1.99. The van der Waals surface area contributed by atoms with Crippen molar-refractivity contribution in [2.75, 3.05) is 13.2 Å². The molecule has 0 amide bonds. The molecule has 0 fully saturated rings. The largest absolute Gasteiger partial charge is 0.313 e. The molecule has 78 valence electrons. The molecule has 1 nitrogen and oxygen atoms in total. The van der Waals surface area contributed by atoms with Crippen molar-refractivity contribution in [3.63, 3.8) is 0 Å². The van der Waals surface area contributed by atoms with Gasteiger partial charge in [0.1, 0.15) is 0 Å². The molecule has 1 aromatic rings. The summed E-state index contributed by atoms with van der Waals surface area (Å²) in [7, 11) is 0. The molecule has 0 aliphatic carbocycles. The highest BCUT2D eigenvalue weighted by Crippen LogP contribution is 2.06. The van der Waals surface area contributed by atoms with Crippen LogP contribution < -0.4 is 5.32 Å². The van der Waals surface area contributed by atoms with Crippen molar-refractivity contribution in [2.45, 2.75) is 18.8 Å². The minimum Gasteiger partial charge on any atom is -0.313 e. The van der Waals surface area contributed by atoms with Crippen molar-refractivity contribution in [3.05, 3.63) is 35.4 Å². The molecule has 0 saturated heterocycles. The van der Waals surface area contributed by atoms with Gasteiger partial charge < -0.3 is 5.32 Å². The third-order valence-corrected chi connectivity index (χ3v) is 2.30. The summed E-state index contributed by atoms with van der Waals surface area (Å²) in [5.41, 5.74) is 2.33. The summed E-state index contributed by atoms with van der Waals surface area (Å²) < 4.78 is 11.8. The molecule has 1 N–H and O–H groups in total. The van der Waals surface area contributed by atoms with Gasteiger partial charge in [-0.1, -0.05) is 24.3 Å². The lowest BCUT2D eigenvalue weighted by atomic mass is 10.1. The van der Waals surface area contributed by atoms with Crippen LogP contribution >= 0.6 is 11.6 Å². The van der Waals surface area contributed by atoms with Gasteiger partial charge in [0, 0.05) is 12.4 Å². The first-order valence-electron chi connectivity index (χ1n) is 4.77. The van der Waals surface area contributed by atoms with Crippen molar-refractivity contribution >= 4 is 11.6 Å². The van der Waals surface area contributed by atoms with E-state index in [0.29, 0.717) is 12.3 Å². The molecular weight excluding hydrogens is 201 g/mol. The zero-order valence-electron chi connectivity index (χ0n) is 8.10. The predicted octanol–water partition coefficient (Wildman–Crippen LogP) is 2.87. The van der Waals surface area contributed by atoms with Gasteiger partial charge in [-0.15, -0.1) is 11.6 Å². The average Bonchev–Trinajstić information content (AvgIpc) is 2.25. The van der Waals surface area contributed by atoms with Crippen LogP contribution in [0.3, 0.4) is 0 Å². The number of halogens is 2. The smallest absolute Gasteiger partial charge is 0.0906 e. The summed E-state index contributed by atoms with van der Waals surface area (Å²) in [6.45, 7) is 1.27. The molecule has 0 spiro atoms. The fourth-order valence-electron chi connectivity index (χ4n) is 1.17. The molecule has 14 heavy (non-hydrogen) atoms. The molecule has 0 aromatic heterocycles. The number of hydrogen-bond acceptors (Lipinski definition) is 1. The maximum absolute atomic E-state index is 11.8. The number of benzene rings is 1. The Morgan fingerprint density at radius 1 is 1.14 bits per heavy atom. The Hall–Kier alpha value is -0.600. The van der Waals surface area contributed by atoms with E-state index in [0.717, 1.165) is 18.7 Å². The van der Waals surface area contributed by atoms with Crippen LogP contribution in [0.5, 0.6) is 0 Å². The average molecular weight is 216 g/mol. The summed E-state index contributed by atoms with van der Waals surface area (Å²) in [4.78, 5) is 0. The van der Waals surface area contributed by atoms with E-state index in [2.05, 4.69) is 5.32 Å².